The maximum atomic E-state index is 14.1. The summed E-state index contributed by atoms with van der Waals surface area (Å²) < 4.78 is 87.5. The third-order valence-corrected chi connectivity index (χ3v) is 7.05. The Morgan fingerprint density at radius 2 is 0.926 bits per heavy atom. The van der Waals surface area contributed by atoms with Gasteiger partial charge in [-0.1, -0.05) is 0 Å². The first-order valence-corrected chi connectivity index (χ1v) is 15.0. The third kappa shape index (κ3) is 10.4. The van der Waals surface area contributed by atoms with Crippen LogP contribution in [-0.2, 0) is 28.8 Å². The van der Waals surface area contributed by atoms with Gasteiger partial charge in [0.05, 0.1) is 47.2 Å². The van der Waals surface area contributed by atoms with Crippen molar-refractivity contribution in [2.45, 2.75) is 37.3 Å². The molecule has 0 bridgehead atoms. The number of carbonyl (C=O) groups excluding carboxylic acids is 6. The number of nitrogens with one attached hydrogen (secondary N) is 4. The molecule has 24 heteroatoms. The Morgan fingerprint density at radius 1 is 0.593 bits per heavy atom. The van der Waals surface area contributed by atoms with Gasteiger partial charge >= 0.3 is 36.2 Å². The van der Waals surface area contributed by atoms with Crippen LogP contribution in [0.15, 0.2) is 24.3 Å². The summed E-state index contributed by atoms with van der Waals surface area (Å²) >= 11 is 0. The van der Waals surface area contributed by atoms with Crippen molar-refractivity contribution in [3.05, 3.63) is 46.5 Å². The Morgan fingerprint density at radius 3 is 1.22 bits per heavy atom. The number of hydrogen-bond acceptors (Lipinski definition) is 14. The Labute approximate surface area is 297 Å². The van der Waals surface area contributed by atoms with Crippen LogP contribution in [0.2, 0.25) is 0 Å². The Balaban J connectivity index is 2.09. The van der Waals surface area contributed by atoms with Crippen LogP contribution in [-0.4, -0.2) is 108 Å². The number of nitrogens with two attached hydrogens (primary N) is 2. The molecule has 2 aromatic rings. The van der Waals surface area contributed by atoms with Gasteiger partial charge in [0.1, 0.15) is 11.5 Å². The van der Waals surface area contributed by atoms with E-state index in [2.05, 4.69) is 30.7 Å². The molecule has 3 rings (SSSR count). The van der Waals surface area contributed by atoms with Crippen molar-refractivity contribution in [1.29, 1.82) is 0 Å². The van der Waals surface area contributed by atoms with Crippen molar-refractivity contribution < 1.29 is 84.4 Å². The summed E-state index contributed by atoms with van der Waals surface area (Å²) in [7, 11) is 0. The van der Waals surface area contributed by atoms with Gasteiger partial charge in [0.2, 0.25) is 23.4 Å². The van der Waals surface area contributed by atoms with Crippen LogP contribution in [0.1, 0.15) is 44.7 Å². The second-order valence-corrected chi connectivity index (χ2v) is 11.0. The van der Waals surface area contributed by atoms with E-state index in [1.54, 1.807) is 0 Å². The molecule has 2 atom stereocenters. The number of hydrogen-bond donors (Lipinski definition) is 8. The standard InChI is InChI=1S/C30H28F6N6O12/c31-29(32,33)27(51)53-15-3-4-16(54-28(52)30(34,35)36)22-21(15)23(47)19-13(39-5-7-41-25(49)11(37)9-17(43)44)1-2-14(20(19)24(22)48)40-6-8-42-26(50)12(38)10-18(45)46/h1-4,11-12,39-40H,5-10,37-38H2,(H,41,49)(H,42,50)(H,43,44)(H,45,46)/t11-,12-/m0/s1. The summed E-state index contributed by atoms with van der Waals surface area (Å²) in [6.07, 6.45) is -12.8. The number of aliphatic carboxylic acids is 2. The molecule has 0 heterocycles. The van der Waals surface area contributed by atoms with E-state index in [4.69, 9.17) is 21.7 Å². The number of ketones is 2. The lowest BCUT2D eigenvalue weighted by atomic mass is 9.81. The zero-order valence-corrected chi connectivity index (χ0v) is 27.1. The summed E-state index contributed by atoms with van der Waals surface area (Å²) in [5.74, 6) is -15.7. The van der Waals surface area contributed by atoms with Crippen LogP contribution in [0, 0.1) is 0 Å². The molecule has 0 spiro atoms. The molecule has 0 radical (unpaired) electrons. The van der Waals surface area contributed by atoms with Crippen LogP contribution in [0.3, 0.4) is 0 Å². The lowest BCUT2D eigenvalue weighted by Gasteiger charge is -2.26. The highest BCUT2D eigenvalue weighted by Gasteiger charge is 2.46. The minimum Gasteiger partial charge on any atom is -0.481 e. The predicted octanol–water partition coefficient (Wildman–Crippen LogP) is 0.0576. The SMILES string of the molecule is N[C@@H](CC(=O)O)C(=O)NCCNc1ccc(NCCNC(=O)[C@@H](N)CC(=O)O)c2c1C(=O)c1c(OC(=O)C(F)(F)F)ccc(OC(=O)C(F)(F)F)c1C2=O. The van der Waals surface area contributed by atoms with Gasteiger partial charge in [-0.25, -0.2) is 9.59 Å². The molecular weight excluding hydrogens is 750 g/mol. The molecule has 0 fully saturated rings. The fourth-order valence-corrected chi connectivity index (χ4v) is 4.71. The fraction of sp³-hybridized carbons (Fsp3) is 0.333. The lowest BCUT2D eigenvalue weighted by Crippen LogP contribution is -2.43. The number of ether oxygens (including phenoxy) is 2. The normalized spacial score (nSPS) is 13.4. The molecule has 0 aliphatic heterocycles. The number of rotatable bonds is 16. The first-order chi connectivity index (χ1) is 25.0. The predicted molar refractivity (Wildman–Crippen MR) is 167 cm³/mol. The number of alkyl halides is 6. The maximum absolute atomic E-state index is 14.1. The molecule has 2 aromatic carbocycles. The zero-order valence-electron chi connectivity index (χ0n) is 27.1. The summed E-state index contributed by atoms with van der Waals surface area (Å²) in [5, 5.41) is 27.5. The number of esters is 2. The number of carbonyl (C=O) groups is 8. The lowest BCUT2D eigenvalue weighted by molar-refractivity contribution is -0.190. The molecule has 10 N–H and O–H groups in total. The number of benzene rings is 2. The minimum absolute atomic E-state index is 0.276. The molecule has 54 heavy (non-hydrogen) atoms. The second kappa shape index (κ2) is 17.0. The first-order valence-electron chi connectivity index (χ1n) is 15.0. The van der Waals surface area contributed by atoms with Crippen molar-refractivity contribution in [1.82, 2.24) is 10.6 Å². The van der Waals surface area contributed by atoms with E-state index in [0.717, 1.165) is 12.1 Å². The molecular formula is C30H28F6N6O12. The van der Waals surface area contributed by atoms with Crippen molar-refractivity contribution >= 4 is 58.6 Å². The monoisotopic (exact) mass is 778 g/mol. The first kappa shape index (κ1) is 42.1. The van der Waals surface area contributed by atoms with Crippen molar-refractivity contribution in [2.24, 2.45) is 11.5 Å². The summed E-state index contributed by atoms with van der Waals surface area (Å²) in [6.45, 7) is -1.17. The molecule has 1 aliphatic rings. The average Bonchev–Trinajstić information content (AvgIpc) is 3.06. The Kier molecular flexibility index (Phi) is 13.3. The van der Waals surface area contributed by atoms with E-state index in [9.17, 15) is 64.7 Å². The Hall–Kier alpha value is -6.30. The number of carboxylic acids is 2. The van der Waals surface area contributed by atoms with E-state index in [1.165, 1.54) is 0 Å². The number of amides is 2. The van der Waals surface area contributed by atoms with Gasteiger partial charge < -0.3 is 52.4 Å². The molecule has 0 saturated heterocycles. The Bertz CT molecular complexity index is 1750. The van der Waals surface area contributed by atoms with E-state index >= 15 is 0 Å². The van der Waals surface area contributed by atoms with Gasteiger partial charge in [0.25, 0.3) is 0 Å². The van der Waals surface area contributed by atoms with Crippen LogP contribution < -0.4 is 42.2 Å². The number of carboxylic acid groups (broad SMARTS) is 2. The third-order valence-electron chi connectivity index (χ3n) is 7.05. The van der Waals surface area contributed by atoms with Crippen LogP contribution in [0.4, 0.5) is 37.7 Å². The van der Waals surface area contributed by atoms with Gasteiger partial charge in [-0.15, -0.1) is 0 Å². The van der Waals surface area contributed by atoms with E-state index < -0.39 is 118 Å². The smallest absolute Gasteiger partial charge is 0.481 e. The van der Waals surface area contributed by atoms with Crippen LogP contribution >= 0.6 is 0 Å². The molecule has 0 saturated carbocycles. The summed E-state index contributed by atoms with van der Waals surface area (Å²) in [5.41, 5.74) is 6.68. The fourth-order valence-electron chi connectivity index (χ4n) is 4.71. The van der Waals surface area contributed by atoms with Gasteiger partial charge in [0, 0.05) is 37.6 Å². The molecule has 292 valence electrons. The number of anilines is 2. The molecule has 18 nitrogen and oxygen atoms in total. The van der Waals surface area contributed by atoms with Crippen LogP contribution in [0.5, 0.6) is 11.5 Å². The van der Waals surface area contributed by atoms with E-state index in [0.29, 0.717) is 12.1 Å². The van der Waals surface area contributed by atoms with Gasteiger partial charge in [-0.05, 0) is 24.3 Å². The van der Waals surface area contributed by atoms with Crippen molar-refractivity contribution in [2.75, 3.05) is 36.8 Å². The molecule has 2 amide bonds. The van der Waals surface area contributed by atoms with E-state index in [-0.39, 0.29) is 37.6 Å². The minimum atomic E-state index is -5.66. The van der Waals surface area contributed by atoms with Gasteiger partial charge in [0.15, 0.2) is 0 Å². The average molecular weight is 779 g/mol. The number of fused-ring (bicyclic) bond motifs is 2. The highest BCUT2D eigenvalue weighted by molar-refractivity contribution is 6.33. The highest BCUT2D eigenvalue weighted by Crippen LogP contribution is 2.44. The van der Waals surface area contributed by atoms with Gasteiger partial charge in [-0.2, -0.15) is 26.3 Å². The largest absolute Gasteiger partial charge is 0.491 e. The summed E-state index contributed by atoms with van der Waals surface area (Å²) in [6, 6.07) is 0.165. The van der Waals surface area contributed by atoms with E-state index in [1.807, 2.05) is 0 Å². The zero-order chi connectivity index (χ0) is 40.7. The quantitative estimate of drug-likeness (QED) is 0.0413. The topological polar surface area (TPSA) is 296 Å². The van der Waals surface area contributed by atoms with Crippen LogP contribution in [0.25, 0.3) is 0 Å². The highest BCUT2D eigenvalue weighted by atomic mass is 19.4. The molecule has 0 aromatic heterocycles. The molecule has 0 unspecified atom stereocenters. The van der Waals surface area contributed by atoms with Gasteiger partial charge in [-0.3, -0.25) is 28.8 Å². The van der Waals surface area contributed by atoms with Crippen molar-refractivity contribution in [3.8, 4) is 11.5 Å². The second-order valence-electron chi connectivity index (χ2n) is 11.0. The molecule has 1 aliphatic carbocycles. The summed E-state index contributed by atoms with van der Waals surface area (Å²) in [4.78, 5) is 97.6. The van der Waals surface area contributed by atoms with Crippen molar-refractivity contribution in [3.63, 3.8) is 0 Å². The maximum Gasteiger partial charge on any atom is 0.491 e. The number of halogens is 6.